The zero-order valence-corrected chi connectivity index (χ0v) is 9.39. The maximum Gasteiger partial charge on any atom is 0.221 e. The predicted octanol–water partition coefficient (Wildman–Crippen LogP) is 1.89. The van der Waals surface area contributed by atoms with Gasteiger partial charge in [-0.2, -0.15) is 0 Å². The van der Waals surface area contributed by atoms with Crippen LogP contribution in [0.4, 0.5) is 11.4 Å². The SMILES string of the molecule is CC(=O)Nc1ccc(S)cc1NC(C)=O. The number of rotatable bonds is 2. The topological polar surface area (TPSA) is 58.2 Å². The Hall–Kier alpha value is -1.49. The summed E-state index contributed by atoms with van der Waals surface area (Å²) in [6.07, 6.45) is 0. The van der Waals surface area contributed by atoms with Gasteiger partial charge in [-0.15, -0.1) is 12.6 Å². The van der Waals surface area contributed by atoms with Crippen LogP contribution in [-0.2, 0) is 9.59 Å². The van der Waals surface area contributed by atoms with Crippen molar-refractivity contribution >= 4 is 35.8 Å². The Morgan fingerprint density at radius 2 is 1.60 bits per heavy atom. The van der Waals surface area contributed by atoms with E-state index in [2.05, 4.69) is 23.3 Å². The van der Waals surface area contributed by atoms with Crippen LogP contribution in [0.1, 0.15) is 13.8 Å². The number of benzene rings is 1. The highest BCUT2D eigenvalue weighted by Gasteiger charge is 2.05. The summed E-state index contributed by atoms with van der Waals surface area (Å²) in [6, 6.07) is 5.10. The standard InChI is InChI=1S/C10H12N2O2S/c1-6(13)11-9-4-3-8(15)5-10(9)12-7(2)14/h3-5,15H,1-2H3,(H,11,13)(H,12,14). The summed E-state index contributed by atoms with van der Waals surface area (Å²) in [6.45, 7) is 2.81. The van der Waals surface area contributed by atoms with Crippen LogP contribution < -0.4 is 10.6 Å². The van der Waals surface area contributed by atoms with Gasteiger partial charge in [-0.3, -0.25) is 9.59 Å². The minimum absolute atomic E-state index is 0.187. The largest absolute Gasteiger partial charge is 0.325 e. The van der Waals surface area contributed by atoms with Gasteiger partial charge in [0.1, 0.15) is 0 Å². The van der Waals surface area contributed by atoms with E-state index in [0.717, 1.165) is 0 Å². The van der Waals surface area contributed by atoms with Crippen LogP contribution in [0.2, 0.25) is 0 Å². The lowest BCUT2D eigenvalue weighted by Crippen LogP contribution is -2.12. The summed E-state index contributed by atoms with van der Waals surface area (Å²) in [5.41, 5.74) is 1.11. The molecule has 0 atom stereocenters. The molecule has 2 amide bonds. The van der Waals surface area contributed by atoms with Crippen LogP contribution in [0.5, 0.6) is 0 Å². The van der Waals surface area contributed by atoms with Crippen molar-refractivity contribution in [3.8, 4) is 0 Å². The van der Waals surface area contributed by atoms with Gasteiger partial charge in [0, 0.05) is 18.7 Å². The first-order valence-electron chi connectivity index (χ1n) is 4.37. The Balaban J connectivity index is 3.02. The van der Waals surface area contributed by atoms with Crippen molar-refractivity contribution in [1.82, 2.24) is 0 Å². The lowest BCUT2D eigenvalue weighted by Gasteiger charge is -2.10. The Labute approximate surface area is 93.5 Å². The average Bonchev–Trinajstić information content (AvgIpc) is 2.08. The Kier molecular flexibility index (Phi) is 3.74. The molecule has 0 saturated heterocycles. The highest BCUT2D eigenvalue weighted by Crippen LogP contribution is 2.24. The molecule has 1 aromatic carbocycles. The molecule has 15 heavy (non-hydrogen) atoms. The molecular formula is C10H12N2O2S. The molecule has 0 radical (unpaired) electrons. The molecule has 2 N–H and O–H groups in total. The van der Waals surface area contributed by atoms with Crippen molar-refractivity contribution < 1.29 is 9.59 Å². The number of nitrogens with one attached hydrogen (secondary N) is 2. The molecule has 0 fully saturated rings. The third-order valence-electron chi connectivity index (χ3n) is 1.62. The van der Waals surface area contributed by atoms with Crippen molar-refractivity contribution in [3.63, 3.8) is 0 Å². The summed E-state index contributed by atoms with van der Waals surface area (Å²) in [5.74, 6) is -0.381. The zero-order chi connectivity index (χ0) is 11.4. The number of carbonyl (C=O) groups is 2. The molecule has 5 heteroatoms. The monoisotopic (exact) mass is 224 g/mol. The zero-order valence-electron chi connectivity index (χ0n) is 8.50. The van der Waals surface area contributed by atoms with Gasteiger partial charge in [0.05, 0.1) is 11.4 Å². The van der Waals surface area contributed by atoms with Crippen LogP contribution in [0, 0.1) is 0 Å². The van der Waals surface area contributed by atoms with E-state index in [-0.39, 0.29) is 11.8 Å². The molecule has 80 valence electrons. The van der Waals surface area contributed by atoms with Gasteiger partial charge in [-0.1, -0.05) is 0 Å². The third-order valence-corrected chi connectivity index (χ3v) is 1.90. The first-order valence-corrected chi connectivity index (χ1v) is 4.82. The minimum atomic E-state index is -0.194. The van der Waals surface area contributed by atoms with Crippen LogP contribution >= 0.6 is 12.6 Å². The first-order chi connectivity index (χ1) is 6.99. The fourth-order valence-electron chi connectivity index (χ4n) is 1.12. The summed E-state index contributed by atoms with van der Waals surface area (Å²) < 4.78 is 0. The molecule has 1 rings (SSSR count). The van der Waals surface area contributed by atoms with Crippen LogP contribution in [0.15, 0.2) is 23.1 Å². The summed E-state index contributed by atoms with van der Waals surface area (Å²) >= 11 is 4.15. The van der Waals surface area contributed by atoms with Crippen molar-refractivity contribution in [2.75, 3.05) is 10.6 Å². The van der Waals surface area contributed by atoms with Gasteiger partial charge in [-0.25, -0.2) is 0 Å². The quantitative estimate of drug-likeness (QED) is 0.672. The number of amides is 2. The number of thiol groups is 1. The van der Waals surface area contributed by atoms with Crippen molar-refractivity contribution in [2.24, 2.45) is 0 Å². The van der Waals surface area contributed by atoms with E-state index in [9.17, 15) is 9.59 Å². The third kappa shape index (κ3) is 3.63. The molecular weight excluding hydrogens is 212 g/mol. The number of carbonyl (C=O) groups excluding carboxylic acids is 2. The van der Waals surface area contributed by atoms with Crippen LogP contribution in [-0.4, -0.2) is 11.8 Å². The Bertz CT molecular complexity index is 404. The normalized spacial score (nSPS) is 9.53. The van der Waals surface area contributed by atoms with Gasteiger partial charge in [0.15, 0.2) is 0 Å². The van der Waals surface area contributed by atoms with E-state index in [4.69, 9.17) is 0 Å². The van der Waals surface area contributed by atoms with Crippen molar-refractivity contribution in [1.29, 1.82) is 0 Å². The molecule has 0 aromatic heterocycles. The maximum absolute atomic E-state index is 10.9. The Morgan fingerprint density at radius 1 is 1.07 bits per heavy atom. The molecule has 0 bridgehead atoms. The van der Waals surface area contributed by atoms with Crippen molar-refractivity contribution in [3.05, 3.63) is 18.2 Å². The molecule has 4 nitrogen and oxygen atoms in total. The summed E-state index contributed by atoms with van der Waals surface area (Å²) in [5, 5.41) is 5.24. The van der Waals surface area contributed by atoms with E-state index in [1.165, 1.54) is 13.8 Å². The van der Waals surface area contributed by atoms with Crippen LogP contribution in [0.3, 0.4) is 0 Å². The highest BCUT2D eigenvalue weighted by atomic mass is 32.1. The van der Waals surface area contributed by atoms with E-state index < -0.39 is 0 Å². The number of anilines is 2. The lowest BCUT2D eigenvalue weighted by molar-refractivity contribution is -0.115. The molecule has 1 aromatic rings. The second kappa shape index (κ2) is 4.84. The second-order valence-corrected chi connectivity index (χ2v) is 3.61. The minimum Gasteiger partial charge on any atom is -0.325 e. The average molecular weight is 224 g/mol. The highest BCUT2D eigenvalue weighted by molar-refractivity contribution is 7.80. The number of hydrogen-bond donors (Lipinski definition) is 3. The molecule has 0 unspecified atom stereocenters. The van der Waals surface area contributed by atoms with E-state index in [1.54, 1.807) is 18.2 Å². The summed E-state index contributed by atoms with van der Waals surface area (Å²) in [7, 11) is 0. The van der Waals surface area contributed by atoms with E-state index >= 15 is 0 Å². The number of hydrogen-bond acceptors (Lipinski definition) is 3. The maximum atomic E-state index is 10.9. The fourth-order valence-corrected chi connectivity index (χ4v) is 1.33. The molecule has 0 spiro atoms. The second-order valence-electron chi connectivity index (χ2n) is 3.09. The molecule has 0 saturated carbocycles. The fraction of sp³-hybridized carbons (Fsp3) is 0.200. The van der Waals surface area contributed by atoms with Gasteiger partial charge in [0.2, 0.25) is 11.8 Å². The Morgan fingerprint density at radius 3 is 2.13 bits per heavy atom. The molecule has 0 aliphatic rings. The molecule has 0 aliphatic carbocycles. The van der Waals surface area contributed by atoms with Gasteiger partial charge >= 0.3 is 0 Å². The summed E-state index contributed by atoms with van der Waals surface area (Å²) in [4.78, 5) is 22.5. The van der Waals surface area contributed by atoms with Crippen molar-refractivity contribution in [2.45, 2.75) is 18.7 Å². The van der Waals surface area contributed by atoms with E-state index in [1.807, 2.05) is 0 Å². The smallest absolute Gasteiger partial charge is 0.221 e. The predicted molar refractivity (Wildman–Crippen MR) is 62.3 cm³/mol. The first kappa shape index (κ1) is 11.6. The van der Waals surface area contributed by atoms with Gasteiger partial charge in [-0.05, 0) is 18.2 Å². The van der Waals surface area contributed by atoms with E-state index in [0.29, 0.717) is 16.3 Å². The molecule has 0 aliphatic heterocycles. The van der Waals surface area contributed by atoms with Gasteiger partial charge < -0.3 is 10.6 Å². The van der Waals surface area contributed by atoms with Crippen LogP contribution in [0.25, 0.3) is 0 Å². The lowest BCUT2D eigenvalue weighted by atomic mass is 10.2. The molecule has 0 heterocycles. The van der Waals surface area contributed by atoms with Gasteiger partial charge in [0.25, 0.3) is 0 Å².